The number of nitriles is 1. The summed E-state index contributed by atoms with van der Waals surface area (Å²) < 4.78 is 21.5. The van der Waals surface area contributed by atoms with Gasteiger partial charge in [0.2, 0.25) is 0 Å². The first-order valence-corrected chi connectivity index (χ1v) is 10.3. The van der Waals surface area contributed by atoms with Crippen LogP contribution in [-0.2, 0) is 10.3 Å². The number of halogens is 1. The van der Waals surface area contributed by atoms with Crippen molar-refractivity contribution in [3.05, 3.63) is 53.9 Å². The summed E-state index contributed by atoms with van der Waals surface area (Å²) in [7, 11) is 0. The first-order valence-electron chi connectivity index (χ1n) is 9.27. The van der Waals surface area contributed by atoms with Gasteiger partial charge in [-0.2, -0.15) is 5.26 Å². The lowest BCUT2D eigenvalue weighted by atomic mass is 9.74. The summed E-state index contributed by atoms with van der Waals surface area (Å²) >= 11 is 1.25. The molecule has 28 heavy (non-hydrogen) atoms. The number of aliphatic imine (C=N–C) groups is 1. The SMILES string of the molecule is CC.N#Cc1cncc(-c2cccc([C@]34COCC[C@@]3(F)CSC(N)=N4)c2)c1. The van der Waals surface area contributed by atoms with Crippen molar-refractivity contribution in [3.63, 3.8) is 0 Å². The number of thioether (sulfide) groups is 1. The van der Waals surface area contributed by atoms with Crippen molar-refractivity contribution in [2.45, 2.75) is 31.5 Å². The predicted molar refractivity (Wildman–Crippen MR) is 111 cm³/mol. The molecule has 2 aliphatic rings. The number of alkyl halides is 1. The molecule has 146 valence electrons. The van der Waals surface area contributed by atoms with Crippen LogP contribution in [0.3, 0.4) is 0 Å². The van der Waals surface area contributed by atoms with E-state index in [2.05, 4.69) is 16.0 Å². The van der Waals surface area contributed by atoms with E-state index in [9.17, 15) is 0 Å². The third-order valence-electron chi connectivity index (χ3n) is 4.99. The highest BCUT2D eigenvalue weighted by molar-refractivity contribution is 8.13. The van der Waals surface area contributed by atoms with Crippen molar-refractivity contribution in [2.24, 2.45) is 10.7 Å². The highest BCUT2D eigenvalue weighted by Gasteiger charge is 2.58. The van der Waals surface area contributed by atoms with Crippen LogP contribution < -0.4 is 5.73 Å². The van der Waals surface area contributed by atoms with Crippen molar-refractivity contribution in [3.8, 4) is 17.2 Å². The van der Waals surface area contributed by atoms with Crippen molar-refractivity contribution >= 4 is 16.9 Å². The Morgan fingerprint density at radius 2 is 2.07 bits per heavy atom. The van der Waals surface area contributed by atoms with E-state index in [1.165, 1.54) is 18.0 Å². The summed E-state index contributed by atoms with van der Waals surface area (Å²) in [5.41, 5.74) is 6.15. The van der Waals surface area contributed by atoms with Crippen molar-refractivity contribution in [1.29, 1.82) is 5.26 Å². The monoisotopic (exact) mass is 398 g/mol. The number of hydrogen-bond donors (Lipinski definition) is 1. The molecule has 0 radical (unpaired) electrons. The summed E-state index contributed by atoms with van der Waals surface area (Å²) in [6.45, 7) is 4.53. The molecular weight excluding hydrogens is 375 g/mol. The fraction of sp³-hybridized carbons (Fsp3) is 0.381. The van der Waals surface area contributed by atoms with Gasteiger partial charge in [0.05, 0.1) is 12.2 Å². The quantitative estimate of drug-likeness (QED) is 0.825. The highest BCUT2D eigenvalue weighted by Crippen LogP contribution is 2.50. The van der Waals surface area contributed by atoms with E-state index < -0.39 is 11.2 Å². The molecule has 1 saturated heterocycles. The lowest BCUT2D eigenvalue weighted by molar-refractivity contribution is -0.0692. The van der Waals surface area contributed by atoms with Gasteiger partial charge in [0.15, 0.2) is 10.8 Å². The molecule has 2 atom stereocenters. The summed E-state index contributed by atoms with van der Waals surface area (Å²) in [5.74, 6) is 0.265. The van der Waals surface area contributed by atoms with Gasteiger partial charge in [-0.05, 0) is 23.3 Å². The summed E-state index contributed by atoms with van der Waals surface area (Å²) in [6, 6.07) is 11.4. The Bertz CT molecular complexity index is 929. The van der Waals surface area contributed by atoms with Crippen LogP contribution in [0.5, 0.6) is 0 Å². The highest BCUT2D eigenvalue weighted by atomic mass is 32.2. The largest absolute Gasteiger partial charge is 0.379 e. The van der Waals surface area contributed by atoms with Gasteiger partial charge in [0, 0.05) is 36.7 Å². The number of amidine groups is 1. The number of nitrogens with zero attached hydrogens (tertiary/aromatic N) is 3. The number of hydrogen-bond acceptors (Lipinski definition) is 6. The molecule has 0 spiro atoms. The molecule has 5 nitrogen and oxygen atoms in total. The smallest absolute Gasteiger partial charge is 0.155 e. The minimum atomic E-state index is -1.51. The first kappa shape index (κ1) is 20.3. The summed E-state index contributed by atoms with van der Waals surface area (Å²) in [5, 5.41) is 9.47. The normalized spacial score (nSPS) is 26.1. The van der Waals surface area contributed by atoms with Gasteiger partial charge >= 0.3 is 0 Å². The van der Waals surface area contributed by atoms with E-state index in [0.29, 0.717) is 17.3 Å². The molecule has 0 amide bonds. The third kappa shape index (κ3) is 3.50. The second-order valence-electron chi connectivity index (χ2n) is 6.52. The molecule has 7 heteroatoms. The lowest BCUT2D eigenvalue weighted by Gasteiger charge is -2.48. The van der Waals surface area contributed by atoms with Gasteiger partial charge in [0.1, 0.15) is 11.6 Å². The molecule has 1 aromatic heterocycles. The third-order valence-corrected chi connectivity index (χ3v) is 5.97. The average molecular weight is 399 g/mol. The van der Waals surface area contributed by atoms with Crippen LogP contribution in [0.4, 0.5) is 4.39 Å². The molecule has 2 aromatic rings. The van der Waals surface area contributed by atoms with E-state index in [0.717, 1.165) is 16.7 Å². The maximum absolute atomic E-state index is 15.9. The second kappa shape index (κ2) is 8.29. The zero-order valence-corrected chi connectivity index (χ0v) is 16.8. The number of benzene rings is 1. The van der Waals surface area contributed by atoms with E-state index >= 15 is 4.39 Å². The van der Waals surface area contributed by atoms with E-state index in [1.807, 2.05) is 38.1 Å². The van der Waals surface area contributed by atoms with Crippen LogP contribution in [0.2, 0.25) is 0 Å². The molecular formula is C21H23FN4OS. The topological polar surface area (TPSA) is 84.3 Å². The molecule has 1 aromatic carbocycles. The van der Waals surface area contributed by atoms with Crippen LogP contribution in [0.15, 0.2) is 47.7 Å². The molecule has 2 N–H and O–H groups in total. The molecule has 0 aliphatic carbocycles. The fourth-order valence-electron chi connectivity index (χ4n) is 3.54. The van der Waals surface area contributed by atoms with Gasteiger partial charge < -0.3 is 10.5 Å². The maximum atomic E-state index is 15.9. The lowest BCUT2D eigenvalue weighted by Crippen LogP contribution is -2.58. The Labute approximate surface area is 168 Å². The van der Waals surface area contributed by atoms with Crippen molar-refractivity contribution in [1.82, 2.24) is 4.98 Å². The molecule has 2 aliphatic heterocycles. The van der Waals surface area contributed by atoms with Gasteiger partial charge in [0.25, 0.3) is 0 Å². The van der Waals surface area contributed by atoms with Gasteiger partial charge in [-0.1, -0.05) is 43.8 Å². The van der Waals surface area contributed by atoms with E-state index in [1.54, 1.807) is 12.3 Å². The van der Waals surface area contributed by atoms with Crippen molar-refractivity contribution in [2.75, 3.05) is 19.0 Å². The number of ether oxygens (including phenoxy) is 1. The Hall–Kier alpha value is -2.43. The Balaban J connectivity index is 0.00000109. The number of rotatable bonds is 2. The van der Waals surface area contributed by atoms with Crippen LogP contribution in [0, 0.1) is 11.3 Å². The molecule has 3 heterocycles. The van der Waals surface area contributed by atoms with Gasteiger partial charge in [-0.25, -0.2) is 9.38 Å². The van der Waals surface area contributed by atoms with E-state index in [4.69, 9.17) is 15.7 Å². The molecule has 1 fully saturated rings. The number of fused-ring (bicyclic) bond motifs is 1. The van der Waals surface area contributed by atoms with E-state index in [-0.39, 0.29) is 18.8 Å². The first-order chi connectivity index (χ1) is 13.6. The number of pyridine rings is 1. The van der Waals surface area contributed by atoms with Crippen LogP contribution >= 0.6 is 11.8 Å². The Kier molecular flexibility index (Phi) is 6.01. The summed E-state index contributed by atoms with van der Waals surface area (Å²) in [6.07, 6.45) is 3.48. The Morgan fingerprint density at radius 1 is 1.25 bits per heavy atom. The molecule has 4 rings (SSSR count). The summed E-state index contributed by atoms with van der Waals surface area (Å²) in [4.78, 5) is 8.64. The minimum absolute atomic E-state index is 0.157. The van der Waals surface area contributed by atoms with Gasteiger partial charge in [-0.3, -0.25) is 4.98 Å². The van der Waals surface area contributed by atoms with Crippen molar-refractivity contribution < 1.29 is 9.13 Å². The number of nitrogens with two attached hydrogens (primary N) is 1. The van der Waals surface area contributed by atoms with Crippen LogP contribution in [0.25, 0.3) is 11.1 Å². The molecule has 0 unspecified atom stereocenters. The van der Waals surface area contributed by atoms with Gasteiger partial charge in [-0.15, -0.1) is 0 Å². The number of aromatic nitrogens is 1. The maximum Gasteiger partial charge on any atom is 0.155 e. The zero-order chi connectivity index (χ0) is 20.2. The zero-order valence-electron chi connectivity index (χ0n) is 16.0. The second-order valence-corrected chi connectivity index (χ2v) is 7.52. The Morgan fingerprint density at radius 3 is 2.86 bits per heavy atom. The average Bonchev–Trinajstić information content (AvgIpc) is 2.75. The predicted octanol–water partition coefficient (Wildman–Crippen LogP) is 4.03. The minimum Gasteiger partial charge on any atom is -0.379 e. The molecule has 0 saturated carbocycles. The van der Waals surface area contributed by atoms with Crippen LogP contribution in [-0.4, -0.2) is 34.8 Å². The standard InChI is InChI=1S/C19H17FN4OS.C2H6/c20-18-4-5-25-11-19(18,24-17(22)26-12-18)16-3-1-2-14(7-16)15-6-13(8-21)9-23-10-15;1-2/h1-3,6-7,9-10H,4-5,11-12H2,(H2,22,24);1-2H3/t18-,19-;/m1./s1. The fourth-order valence-corrected chi connectivity index (χ4v) is 4.52. The van der Waals surface area contributed by atoms with Crippen LogP contribution in [0.1, 0.15) is 31.4 Å². The molecule has 0 bridgehead atoms.